The van der Waals surface area contributed by atoms with E-state index in [1.165, 1.54) is 16.3 Å². The fourth-order valence-corrected chi connectivity index (χ4v) is 2.75. The lowest BCUT2D eigenvalue weighted by Gasteiger charge is -2.25. The van der Waals surface area contributed by atoms with Crippen LogP contribution in [0.1, 0.15) is 26.4 Å². The molecule has 1 aromatic heterocycles. The molecule has 0 fully saturated rings. The minimum absolute atomic E-state index is 0.101. The molecule has 0 spiro atoms. The fraction of sp³-hybridized carbons (Fsp3) is 0.200. The summed E-state index contributed by atoms with van der Waals surface area (Å²) in [5.41, 5.74) is 12.0. The molecule has 4 nitrogen and oxygen atoms in total. The van der Waals surface area contributed by atoms with Gasteiger partial charge in [-0.25, -0.2) is 5.01 Å². The Hall–Kier alpha value is -1.92. The zero-order valence-electron chi connectivity index (χ0n) is 12.1. The number of thiophene rings is 1. The molecule has 0 saturated carbocycles. The van der Waals surface area contributed by atoms with Crippen LogP contribution in [-0.4, -0.2) is 11.0 Å². The van der Waals surface area contributed by atoms with Crippen molar-refractivity contribution in [2.24, 2.45) is 5.73 Å². The molecule has 110 valence electrons. The molecule has 0 aliphatic rings. The van der Waals surface area contributed by atoms with E-state index in [2.05, 4.69) is 5.43 Å². The molecule has 0 radical (unpaired) electrons. The number of aryl methyl sites for hydroxylation is 3. The van der Waals surface area contributed by atoms with Crippen LogP contribution in [0.4, 0.5) is 5.69 Å². The Balaban J connectivity index is 2.30. The van der Waals surface area contributed by atoms with E-state index in [-0.39, 0.29) is 11.0 Å². The molecule has 1 heterocycles. The normalized spacial score (nSPS) is 10.2. The van der Waals surface area contributed by atoms with Gasteiger partial charge < -0.3 is 5.73 Å². The average molecular weight is 319 g/mol. The molecule has 6 heteroatoms. The molecule has 3 N–H and O–H groups in total. The first kappa shape index (κ1) is 15.5. The van der Waals surface area contributed by atoms with Gasteiger partial charge in [0.1, 0.15) is 0 Å². The topological polar surface area (TPSA) is 58.4 Å². The number of hydrogen-bond donors (Lipinski definition) is 2. The first-order chi connectivity index (χ1) is 9.88. The zero-order valence-corrected chi connectivity index (χ0v) is 13.8. The number of nitrogens with two attached hydrogens (primary N) is 1. The fourth-order valence-electron chi connectivity index (χ4n) is 1.92. The van der Waals surface area contributed by atoms with Gasteiger partial charge in [-0.3, -0.25) is 10.2 Å². The van der Waals surface area contributed by atoms with Gasteiger partial charge in [0.2, 0.25) is 0 Å². The van der Waals surface area contributed by atoms with Crippen molar-refractivity contribution >= 4 is 40.3 Å². The summed E-state index contributed by atoms with van der Waals surface area (Å²) < 4.78 is 0. The van der Waals surface area contributed by atoms with Gasteiger partial charge >= 0.3 is 0 Å². The van der Waals surface area contributed by atoms with Gasteiger partial charge in [0.25, 0.3) is 5.91 Å². The van der Waals surface area contributed by atoms with Crippen molar-refractivity contribution in [2.75, 3.05) is 5.01 Å². The second-order valence-corrected chi connectivity index (χ2v) is 6.38. The van der Waals surface area contributed by atoms with Crippen LogP contribution in [0.2, 0.25) is 0 Å². The largest absolute Gasteiger partial charge is 0.374 e. The van der Waals surface area contributed by atoms with Gasteiger partial charge in [0.05, 0.1) is 11.3 Å². The van der Waals surface area contributed by atoms with Crippen molar-refractivity contribution in [2.45, 2.75) is 20.8 Å². The van der Waals surface area contributed by atoms with Crippen LogP contribution in [0, 0.1) is 20.8 Å². The lowest BCUT2D eigenvalue weighted by atomic mass is 10.1. The zero-order chi connectivity index (χ0) is 15.6. The molecule has 0 bridgehead atoms. The Morgan fingerprint density at radius 3 is 2.57 bits per heavy atom. The summed E-state index contributed by atoms with van der Waals surface area (Å²) in [5.74, 6) is -0.229. The number of nitrogens with one attached hydrogen (secondary N) is 1. The number of thiocarbonyl (C=S) groups is 1. The Morgan fingerprint density at radius 2 is 2.00 bits per heavy atom. The molecular formula is C15H17N3OS2. The second kappa shape index (κ2) is 6.24. The highest BCUT2D eigenvalue weighted by atomic mass is 32.1. The summed E-state index contributed by atoms with van der Waals surface area (Å²) in [6, 6.07) is 7.74. The maximum atomic E-state index is 12.3. The SMILES string of the molecule is Cc1ccc(C)c(N(NC(=O)c2csc(C)c2)C(N)=S)c1. The monoisotopic (exact) mass is 319 g/mol. The molecule has 0 atom stereocenters. The van der Waals surface area contributed by atoms with Gasteiger partial charge in [-0.05, 0) is 56.2 Å². The van der Waals surface area contributed by atoms with Crippen LogP contribution >= 0.6 is 23.6 Å². The molecule has 21 heavy (non-hydrogen) atoms. The number of amides is 1. The third-order valence-corrected chi connectivity index (χ3v) is 4.08. The molecule has 0 aliphatic carbocycles. The summed E-state index contributed by atoms with van der Waals surface area (Å²) in [5, 5.41) is 3.36. The molecular weight excluding hydrogens is 302 g/mol. The van der Waals surface area contributed by atoms with Crippen molar-refractivity contribution in [1.29, 1.82) is 0 Å². The van der Waals surface area contributed by atoms with Crippen molar-refractivity contribution in [3.63, 3.8) is 0 Å². The number of hydrogen-bond acceptors (Lipinski definition) is 3. The smallest absolute Gasteiger partial charge is 0.271 e. The van der Waals surface area contributed by atoms with Crippen molar-refractivity contribution in [1.82, 2.24) is 5.43 Å². The first-order valence-electron chi connectivity index (χ1n) is 6.41. The van der Waals surface area contributed by atoms with E-state index >= 15 is 0 Å². The third-order valence-electron chi connectivity index (χ3n) is 3.03. The maximum Gasteiger partial charge on any atom is 0.271 e. The number of hydrazine groups is 1. The van der Waals surface area contributed by atoms with E-state index in [4.69, 9.17) is 18.0 Å². The molecule has 0 saturated heterocycles. The van der Waals surface area contributed by atoms with Crippen molar-refractivity contribution < 1.29 is 4.79 Å². The summed E-state index contributed by atoms with van der Waals surface area (Å²) >= 11 is 6.59. The van der Waals surface area contributed by atoms with Crippen LogP contribution in [0.5, 0.6) is 0 Å². The number of anilines is 1. The molecule has 1 amide bonds. The quantitative estimate of drug-likeness (QED) is 0.660. The van der Waals surface area contributed by atoms with Gasteiger partial charge in [-0.15, -0.1) is 11.3 Å². The van der Waals surface area contributed by atoms with Crippen LogP contribution in [0.25, 0.3) is 0 Å². The number of carbonyl (C=O) groups is 1. The minimum Gasteiger partial charge on any atom is -0.374 e. The highest BCUT2D eigenvalue weighted by molar-refractivity contribution is 7.80. The summed E-state index contributed by atoms with van der Waals surface area (Å²) in [6.45, 7) is 5.88. The standard InChI is InChI=1S/C15H17N3OS2/c1-9-4-5-10(2)13(6-9)18(15(16)20)17-14(19)12-7-11(3)21-8-12/h4-8H,1-3H3,(H2,16,20)(H,17,19). The predicted molar refractivity (Wildman–Crippen MR) is 91.7 cm³/mol. The Kier molecular flexibility index (Phi) is 4.59. The van der Waals surface area contributed by atoms with Crippen molar-refractivity contribution in [3.8, 4) is 0 Å². The van der Waals surface area contributed by atoms with Crippen molar-refractivity contribution in [3.05, 3.63) is 51.2 Å². The van der Waals surface area contributed by atoms with E-state index < -0.39 is 0 Å². The molecule has 0 unspecified atom stereocenters. The van der Waals surface area contributed by atoms with E-state index in [1.54, 1.807) is 0 Å². The average Bonchev–Trinajstić information content (AvgIpc) is 2.85. The van der Waals surface area contributed by atoms with Crippen LogP contribution < -0.4 is 16.2 Å². The summed E-state index contributed by atoms with van der Waals surface area (Å²) in [7, 11) is 0. The Bertz CT molecular complexity index is 694. The molecule has 1 aromatic carbocycles. The van der Waals surface area contributed by atoms with Crippen LogP contribution in [0.15, 0.2) is 29.6 Å². The van der Waals surface area contributed by atoms with E-state index in [1.807, 2.05) is 50.4 Å². The number of benzene rings is 1. The van der Waals surface area contributed by atoms with Gasteiger partial charge in [-0.2, -0.15) is 0 Å². The molecule has 2 aromatic rings. The predicted octanol–water partition coefficient (Wildman–Crippen LogP) is 3.07. The number of rotatable bonds is 2. The second-order valence-electron chi connectivity index (χ2n) is 4.85. The third kappa shape index (κ3) is 3.59. The first-order valence-corrected chi connectivity index (χ1v) is 7.70. The highest BCUT2D eigenvalue weighted by Gasteiger charge is 2.17. The van der Waals surface area contributed by atoms with Crippen LogP contribution in [0.3, 0.4) is 0 Å². The highest BCUT2D eigenvalue weighted by Crippen LogP contribution is 2.21. The van der Waals surface area contributed by atoms with Gasteiger partial charge in [-0.1, -0.05) is 12.1 Å². The van der Waals surface area contributed by atoms with Crippen LogP contribution in [-0.2, 0) is 0 Å². The lowest BCUT2D eigenvalue weighted by molar-refractivity contribution is 0.0955. The summed E-state index contributed by atoms with van der Waals surface area (Å²) in [4.78, 5) is 13.4. The minimum atomic E-state index is -0.229. The maximum absolute atomic E-state index is 12.3. The van der Waals surface area contributed by atoms with E-state index in [0.717, 1.165) is 21.7 Å². The summed E-state index contributed by atoms with van der Waals surface area (Å²) in [6.07, 6.45) is 0. The number of carbonyl (C=O) groups excluding carboxylic acids is 1. The Morgan fingerprint density at radius 1 is 1.29 bits per heavy atom. The number of nitrogens with zero attached hydrogens (tertiary/aromatic N) is 1. The Labute approximate surface area is 133 Å². The molecule has 0 aliphatic heterocycles. The van der Waals surface area contributed by atoms with E-state index in [0.29, 0.717) is 5.56 Å². The molecule has 2 rings (SSSR count). The lowest BCUT2D eigenvalue weighted by Crippen LogP contribution is -2.49. The van der Waals surface area contributed by atoms with Gasteiger partial charge in [0.15, 0.2) is 5.11 Å². The van der Waals surface area contributed by atoms with E-state index in [9.17, 15) is 4.79 Å². The van der Waals surface area contributed by atoms with Gasteiger partial charge in [0, 0.05) is 10.3 Å².